The van der Waals surface area contributed by atoms with Crippen LogP contribution in [0.2, 0.25) is 0 Å². The second-order valence-electron chi connectivity index (χ2n) is 7.50. The Kier molecular flexibility index (Phi) is 5.45. The maximum Gasteiger partial charge on any atom is 0.329 e. The van der Waals surface area contributed by atoms with E-state index in [1.165, 1.54) is 17.0 Å². The summed E-state index contributed by atoms with van der Waals surface area (Å²) in [4.78, 5) is 40.7. The van der Waals surface area contributed by atoms with Crippen LogP contribution in [-0.2, 0) is 14.1 Å². The summed E-state index contributed by atoms with van der Waals surface area (Å²) < 4.78 is 8.23. The number of nitrogens with zero attached hydrogens (tertiary/aromatic N) is 3. The van der Waals surface area contributed by atoms with Crippen LogP contribution in [-0.4, -0.2) is 44.6 Å². The number of H-pyrrole nitrogens is 1. The van der Waals surface area contributed by atoms with Gasteiger partial charge in [-0.3, -0.25) is 19.1 Å². The molecule has 0 aliphatic carbocycles. The third-order valence-corrected chi connectivity index (χ3v) is 5.15. The Labute approximate surface area is 193 Å². The molecule has 0 saturated heterocycles. The first-order valence-corrected chi connectivity index (χ1v) is 9.84. The fraction of sp³-hybridized carbons (Fsp3) is 0.0909. The van der Waals surface area contributed by atoms with Gasteiger partial charge in [0.05, 0.1) is 6.33 Å². The third kappa shape index (κ3) is 3.90. The summed E-state index contributed by atoms with van der Waals surface area (Å²) in [5, 5.41) is 47.6. The molecule has 35 heavy (non-hydrogen) atoms. The minimum Gasteiger partial charge on any atom is -0.508 e. The zero-order valence-electron chi connectivity index (χ0n) is 18.2. The largest absolute Gasteiger partial charge is 0.508 e. The Bertz CT molecular complexity index is 1790. The Hall–Kier alpha value is -5.20. The average molecular weight is 482 g/mol. The second kappa shape index (κ2) is 8.30. The molecule has 180 valence electrons. The quantitative estimate of drug-likeness (QED) is 0.187. The molecule has 0 fully saturated rings. The summed E-state index contributed by atoms with van der Waals surface area (Å²) in [6, 6.07) is 5.64. The number of phenolic OH excluding ortho intramolecular Hbond substituents is 4. The lowest BCUT2D eigenvalue weighted by atomic mass is 10.1. The molecule has 0 aliphatic rings. The van der Waals surface area contributed by atoms with Crippen molar-refractivity contribution in [2.45, 2.75) is 0 Å². The molecule has 5 aromatic rings. The van der Waals surface area contributed by atoms with Crippen LogP contribution in [0.3, 0.4) is 0 Å². The highest BCUT2D eigenvalue weighted by atomic mass is 16.4. The van der Waals surface area contributed by atoms with E-state index in [0.717, 1.165) is 24.3 Å². The van der Waals surface area contributed by atoms with E-state index in [1.807, 2.05) is 0 Å². The van der Waals surface area contributed by atoms with Crippen LogP contribution < -0.4 is 16.7 Å². The first kappa shape index (κ1) is 23.0. The van der Waals surface area contributed by atoms with Gasteiger partial charge in [-0.1, -0.05) is 0 Å². The number of imidazole rings is 1. The molecule has 0 unspecified atom stereocenters. The standard InChI is InChI=1S/C15H10O7.C7H8N4O2/c16-7-4-10(19)12-11(5-7)22-15(14(21)13(12)20)6-1-2-8(17)9(18)3-6;1-10-3-8-5-4(10)6(12)9-7(13)11(5)2/h1-5,16-19,21H;3H,1-2H3,(H,9,12,13). The summed E-state index contributed by atoms with van der Waals surface area (Å²) in [7, 11) is 3.27. The van der Waals surface area contributed by atoms with E-state index in [1.54, 1.807) is 18.7 Å². The first-order valence-electron chi connectivity index (χ1n) is 9.84. The summed E-state index contributed by atoms with van der Waals surface area (Å²) in [5.74, 6) is -2.71. The second-order valence-corrected chi connectivity index (χ2v) is 7.50. The highest BCUT2D eigenvalue weighted by molar-refractivity contribution is 5.88. The van der Waals surface area contributed by atoms with Crippen LogP contribution in [0.4, 0.5) is 0 Å². The van der Waals surface area contributed by atoms with Crippen LogP contribution in [0.15, 0.2) is 55.5 Å². The van der Waals surface area contributed by atoms with Gasteiger partial charge in [-0.05, 0) is 18.2 Å². The van der Waals surface area contributed by atoms with Crippen molar-refractivity contribution in [3.8, 4) is 40.1 Å². The number of phenols is 4. The van der Waals surface area contributed by atoms with Crippen LogP contribution in [0.1, 0.15) is 0 Å². The van der Waals surface area contributed by atoms with Gasteiger partial charge in [0.15, 0.2) is 28.4 Å². The summed E-state index contributed by atoms with van der Waals surface area (Å²) in [6.45, 7) is 0. The van der Waals surface area contributed by atoms with Gasteiger partial charge in [0.2, 0.25) is 11.2 Å². The van der Waals surface area contributed by atoms with Gasteiger partial charge < -0.3 is 34.5 Å². The van der Waals surface area contributed by atoms with Crippen LogP contribution in [0, 0.1) is 0 Å². The van der Waals surface area contributed by atoms with Crippen LogP contribution in [0.25, 0.3) is 33.5 Å². The fourth-order valence-electron chi connectivity index (χ4n) is 3.40. The van der Waals surface area contributed by atoms with Crippen molar-refractivity contribution in [2.75, 3.05) is 0 Å². The maximum atomic E-state index is 12.1. The van der Waals surface area contributed by atoms with E-state index in [-0.39, 0.29) is 33.8 Å². The van der Waals surface area contributed by atoms with E-state index in [2.05, 4.69) is 9.97 Å². The monoisotopic (exact) mass is 482 g/mol. The zero-order valence-corrected chi connectivity index (χ0v) is 18.2. The minimum absolute atomic E-state index is 0.134. The number of aromatic amines is 1. The Morgan fingerprint density at radius 2 is 1.63 bits per heavy atom. The molecule has 0 bridgehead atoms. The lowest BCUT2D eigenvalue weighted by Gasteiger charge is -2.08. The van der Waals surface area contributed by atoms with Crippen LogP contribution in [0.5, 0.6) is 28.7 Å². The van der Waals surface area contributed by atoms with Crippen molar-refractivity contribution < 1.29 is 29.9 Å². The topological polar surface area (TPSA) is 204 Å². The molecule has 13 nitrogen and oxygen atoms in total. The molecular weight excluding hydrogens is 464 g/mol. The average Bonchev–Trinajstić information content (AvgIpc) is 3.19. The van der Waals surface area contributed by atoms with E-state index >= 15 is 0 Å². The molecule has 13 heteroatoms. The number of fused-ring (bicyclic) bond motifs is 2. The number of hydrogen-bond acceptors (Lipinski definition) is 10. The van der Waals surface area contributed by atoms with Gasteiger partial charge in [0, 0.05) is 31.8 Å². The molecule has 0 amide bonds. The molecular formula is C22H18N4O9. The third-order valence-electron chi connectivity index (χ3n) is 5.15. The van der Waals surface area contributed by atoms with Crippen molar-refractivity contribution >= 4 is 22.1 Å². The number of benzene rings is 2. The van der Waals surface area contributed by atoms with E-state index in [0.29, 0.717) is 11.2 Å². The van der Waals surface area contributed by atoms with Crippen molar-refractivity contribution in [2.24, 2.45) is 14.1 Å². The Balaban J connectivity index is 0.000000189. The molecule has 3 aromatic heterocycles. The Morgan fingerprint density at radius 1 is 0.914 bits per heavy atom. The summed E-state index contributed by atoms with van der Waals surface area (Å²) in [5.41, 5.74) is -0.938. The van der Waals surface area contributed by atoms with Crippen molar-refractivity contribution in [3.63, 3.8) is 0 Å². The predicted octanol–water partition coefficient (Wildman–Crippen LogP) is 0.948. The van der Waals surface area contributed by atoms with E-state index in [4.69, 9.17) is 4.42 Å². The molecule has 2 aromatic carbocycles. The molecule has 0 spiro atoms. The fourth-order valence-corrected chi connectivity index (χ4v) is 3.40. The molecule has 0 radical (unpaired) electrons. The lowest BCUT2D eigenvalue weighted by molar-refractivity contribution is 0.403. The summed E-state index contributed by atoms with van der Waals surface area (Å²) >= 11 is 0. The molecule has 6 N–H and O–H groups in total. The molecule has 0 atom stereocenters. The summed E-state index contributed by atoms with van der Waals surface area (Å²) in [6.07, 6.45) is 1.50. The smallest absolute Gasteiger partial charge is 0.329 e. The number of nitrogens with one attached hydrogen (secondary N) is 1. The zero-order chi connectivity index (χ0) is 25.6. The number of aromatic hydroxyl groups is 5. The highest BCUT2D eigenvalue weighted by Gasteiger charge is 2.19. The first-order chi connectivity index (χ1) is 16.5. The van der Waals surface area contributed by atoms with Crippen molar-refractivity contribution in [3.05, 3.63) is 67.7 Å². The Morgan fingerprint density at radius 3 is 2.31 bits per heavy atom. The van der Waals surface area contributed by atoms with Gasteiger partial charge >= 0.3 is 5.69 Å². The number of rotatable bonds is 1. The normalized spacial score (nSPS) is 10.9. The number of aromatic nitrogens is 4. The van der Waals surface area contributed by atoms with Crippen molar-refractivity contribution in [1.82, 2.24) is 19.1 Å². The minimum atomic E-state index is -0.888. The molecule has 3 heterocycles. The highest BCUT2D eigenvalue weighted by Crippen LogP contribution is 2.37. The maximum absolute atomic E-state index is 12.1. The van der Waals surface area contributed by atoms with Gasteiger partial charge in [0.25, 0.3) is 5.56 Å². The van der Waals surface area contributed by atoms with Crippen LogP contribution >= 0.6 is 0 Å². The number of hydrogen-bond donors (Lipinski definition) is 6. The van der Waals surface area contributed by atoms with Gasteiger partial charge in [-0.25, -0.2) is 9.78 Å². The molecule has 5 rings (SSSR count). The SMILES string of the molecule is Cn1cnc2c1c(=O)[nH]c(=O)n2C.O=c1c(O)c(-c2ccc(O)c(O)c2)oc2cc(O)cc(O)c12. The molecule has 0 saturated carbocycles. The lowest BCUT2D eigenvalue weighted by Crippen LogP contribution is -2.28. The molecule has 0 aliphatic heterocycles. The van der Waals surface area contributed by atoms with Gasteiger partial charge in [-0.2, -0.15) is 0 Å². The number of aryl methyl sites for hydroxylation is 2. The predicted molar refractivity (Wildman–Crippen MR) is 123 cm³/mol. The van der Waals surface area contributed by atoms with E-state index in [9.17, 15) is 39.9 Å². The van der Waals surface area contributed by atoms with E-state index < -0.39 is 33.9 Å². The van der Waals surface area contributed by atoms with Crippen molar-refractivity contribution in [1.29, 1.82) is 0 Å². The van der Waals surface area contributed by atoms with Gasteiger partial charge in [0.1, 0.15) is 22.5 Å². The van der Waals surface area contributed by atoms with Gasteiger partial charge in [-0.15, -0.1) is 0 Å².